The first-order valence-corrected chi connectivity index (χ1v) is 18.4. The molecule has 13 heteroatoms. The summed E-state index contributed by atoms with van der Waals surface area (Å²) in [5.74, 6) is -3.75. The Hall–Kier alpha value is -4.81. The van der Waals surface area contributed by atoms with Crippen molar-refractivity contribution in [1.82, 2.24) is 31.1 Å². The quantitative estimate of drug-likeness (QED) is 0.129. The molecule has 0 spiro atoms. The third-order valence-electron chi connectivity index (χ3n) is 9.96. The SMILES string of the molecule is C=CCNC(=O)C(=O)C(C/C=C\C)NC(=O)[C@@H]1[C@@H](C(C)C)CCN1C(=O)[C@@H](NC(=O)N[C@H](CN1C(=O)Cc2ccccc2C1=O)C(C)(C)C)C(C)(C)C. The van der Waals surface area contributed by atoms with Crippen molar-refractivity contribution >= 4 is 41.4 Å². The molecule has 4 N–H and O–H groups in total. The van der Waals surface area contributed by atoms with Crippen LogP contribution in [0.4, 0.5) is 4.79 Å². The molecule has 1 aromatic carbocycles. The molecule has 13 nitrogen and oxygen atoms in total. The topological polar surface area (TPSA) is 174 Å². The van der Waals surface area contributed by atoms with Gasteiger partial charge in [0.15, 0.2) is 0 Å². The fraction of sp³-hybridized carbons (Fsp3) is 0.575. The van der Waals surface area contributed by atoms with Gasteiger partial charge < -0.3 is 26.2 Å². The van der Waals surface area contributed by atoms with E-state index in [4.69, 9.17) is 0 Å². The zero-order chi connectivity index (χ0) is 39.8. The Labute approximate surface area is 313 Å². The zero-order valence-electron chi connectivity index (χ0n) is 32.7. The first-order chi connectivity index (χ1) is 24.7. The summed E-state index contributed by atoms with van der Waals surface area (Å²) in [6, 6.07) is 2.41. The third-order valence-corrected chi connectivity index (χ3v) is 9.96. The number of carbonyl (C=O) groups excluding carboxylic acids is 7. The van der Waals surface area contributed by atoms with Gasteiger partial charge in [-0.05, 0) is 54.1 Å². The smallest absolute Gasteiger partial charge is 0.315 e. The molecule has 3 rings (SSSR count). The first kappa shape index (κ1) is 42.6. The number of nitrogens with one attached hydrogen (secondary N) is 4. The molecule has 1 fully saturated rings. The van der Waals surface area contributed by atoms with Crippen LogP contribution >= 0.6 is 0 Å². The fourth-order valence-corrected chi connectivity index (χ4v) is 6.72. The van der Waals surface area contributed by atoms with Gasteiger partial charge in [-0.1, -0.05) is 91.8 Å². The van der Waals surface area contributed by atoms with Crippen LogP contribution in [0.25, 0.3) is 0 Å². The molecule has 0 aliphatic carbocycles. The fourth-order valence-electron chi connectivity index (χ4n) is 6.72. The monoisotopic (exact) mass is 734 g/mol. The van der Waals surface area contributed by atoms with Crippen LogP contribution in [-0.2, 0) is 30.4 Å². The molecule has 5 atom stereocenters. The Morgan fingerprint density at radius 2 is 1.62 bits per heavy atom. The normalized spacial score (nSPS) is 19.4. The van der Waals surface area contributed by atoms with E-state index in [0.717, 1.165) is 0 Å². The lowest BCUT2D eigenvalue weighted by molar-refractivity contribution is -0.144. The number of rotatable bonds is 14. The average molecular weight is 735 g/mol. The first-order valence-electron chi connectivity index (χ1n) is 18.4. The molecule has 2 aliphatic rings. The van der Waals surface area contributed by atoms with Gasteiger partial charge in [-0.3, -0.25) is 33.7 Å². The molecule has 1 saturated heterocycles. The van der Waals surface area contributed by atoms with E-state index in [-0.39, 0.29) is 50.2 Å². The number of allylic oxidation sites excluding steroid dienone is 1. The van der Waals surface area contributed by atoms with Crippen molar-refractivity contribution in [2.75, 3.05) is 19.6 Å². The highest BCUT2D eigenvalue weighted by atomic mass is 16.2. The molecule has 0 bridgehead atoms. The number of ketones is 1. The van der Waals surface area contributed by atoms with E-state index >= 15 is 0 Å². The molecule has 7 amide bonds. The van der Waals surface area contributed by atoms with Crippen molar-refractivity contribution < 1.29 is 33.6 Å². The molecule has 0 radical (unpaired) electrons. The zero-order valence-corrected chi connectivity index (χ0v) is 32.7. The van der Waals surface area contributed by atoms with Crippen molar-refractivity contribution in [3.8, 4) is 0 Å². The molecule has 1 unspecified atom stereocenters. The lowest BCUT2D eigenvalue weighted by Gasteiger charge is -2.39. The van der Waals surface area contributed by atoms with Gasteiger partial charge in [-0.25, -0.2) is 4.79 Å². The summed E-state index contributed by atoms with van der Waals surface area (Å²) >= 11 is 0. The Balaban J connectivity index is 1.85. The van der Waals surface area contributed by atoms with Gasteiger partial charge in [0.25, 0.3) is 11.8 Å². The number of urea groups is 1. The van der Waals surface area contributed by atoms with E-state index in [0.29, 0.717) is 17.5 Å². The number of fused-ring (bicyclic) bond motifs is 1. The molecule has 2 aliphatic heterocycles. The van der Waals surface area contributed by atoms with Crippen molar-refractivity contribution in [2.24, 2.45) is 22.7 Å². The van der Waals surface area contributed by atoms with E-state index in [1.165, 1.54) is 15.9 Å². The second kappa shape index (κ2) is 17.8. The number of likely N-dealkylation sites (tertiary alicyclic amines) is 1. The second-order valence-electron chi connectivity index (χ2n) is 16.4. The Morgan fingerprint density at radius 1 is 0.962 bits per heavy atom. The maximum atomic E-state index is 14.5. The molecule has 53 heavy (non-hydrogen) atoms. The maximum absolute atomic E-state index is 14.5. The van der Waals surface area contributed by atoms with Gasteiger partial charge in [0.2, 0.25) is 23.5 Å². The minimum Gasteiger partial charge on any atom is -0.346 e. The van der Waals surface area contributed by atoms with Crippen LogP contribution in [0, 0.1) is 22.7 Å². The second-order valence-corrected chi connectivity index (χ2v) is 16.4. The summed E-state index contributed by atoms with van der Waals surface area (Å²) in [6.07, 6.45) is 5.51. The van der Waals surface area contributed by atoms with Gasteiger partial charge in [0.1, 0.15) is 18.1 Å². The summed E-state index contributed by atoms with van der Waals surface area (Å²) < 4.78 is 0. The number of nitrogens with zero attached hydrogens (tertiary/aromatic N) is 2. The highest BCUT2D eigenvalue weighted by Gasteiger charge is 2.48. The largest absolute Gasteiger partial charge is 0.346 e. The minimum atomic E-state index is -1.15. The molecule has 290 valence electrons. The van der Waals surface area contributed by atoms with E-state index in [9.17, 15) is 33.6 Å². The van der Waals surface area contributed by atoms with Crippen molar-refractivity contribution in [3.63, 3.8) is 0 Å². The van der Waals surface area contributed by atoms with Crippen molar-refractivity contribution in [2.45, 2.75) is 106 Å². The molecule has 0 saturated carbocycles. The van der Waals surface area contributed by atoms with Crippen molar-refractivity contribution in [3.05, 3.63) is 60.2 Å². The van der Waals surface area contributed by atoms with E-state index < -0.39 is 70.4 Å². The van der Waals surface area contributed by atoms with Crippen LogP contribution in [0.3, 0.4) is 0 Å². The number of benzene rings is 1. The van der Waals surface area contributed by atoms with Crippen LogP contribution in [0.15, 0.2) is 49.1 Å². The molecular weight excluding hydrogens is 676 g/mol. The summed E-state index contributed by atoms with van der Waals surface area (Å²) in [5, 5.41) is 11.0. The van der Waals surface area contributed by atoms with E-state index in [1.54, 1.807) is 64.1 Å². The van der Waals surface area contributed by atoms with Crippen LogP contribution < -0.4 is 21.3 Å². The lowest BCUT2D eigenvalue weighted by Crippen LogP contribution is -2.62. The van der Waals surface area contributed by atoms with Gasteiger partial charge in [0.05, 0.1) is 12.5 Å². The van der Waals surface area contributed by atoms with E-state index in [1.807, 2.05) is 34.6 Å². The number of hydrogen-bond acceptors (Lipinski definition) is 7. The summed E-state index contributed by atoms with van der Waals surface area (Å²) in [6.45, 7) is 20.5. The highest BCUT2D eigenvalue weighted by Crippen LogP contribution is 2.34. The van der Waals surface area contributed by atoms with E-state index in [2.05, 4.69) is 27.8 Å². The van der Waals surface area contributed by atoms with Crippen LogP contribution in [0.1, 0.15) is 91.1 Å². The Morgan fingerprint density at radius 3 is 2.21 bits per heavy atom. The number of carbonyl (C=O) groups is 7. The lowest BCUT2D eigenvalue weighted by atomic mass is 9.84. The van der Waals surface area contributed by atoms with Gasteiger partial charge in [-0.15, -0.1) is 6.58 Å². The molecular formula is C40H58N6O7. The number of imide groups is 1. The van der Waals surface area contributed by atoms with Crippen LogP contribution in [0.2, 0.25) is 0 Å². The standard InChI is InChI=1S/C40H58N6O7/c1-11-13-18-28(32(48)35(50)41-20-12-2)42-34(49)31-26(24(3)4)19-21-45(31)37(52)33(40(8,9)10)44-38(53)43-29(39(5,6)7)23-46-30(47)22-25-16-14-15-17-27(25)36(46)51/h11-17,24,26,28-29,31,33H,2,18-23H2,1,3-10H3,(H,41,50)(H,42,49)(H2,43,44,53)/b13-11-/t26-,28?,29-,31+,33-/m1/s1. The maximum Gasteiger partial charge on any atom is 0.315 e. The predicted molar refractivity (Wildman–Crippen MR) is 202 cm³/mol. The summed E-state index contributed by atoms with van der Waals surface area (Å²) in [5.41, 5.74) is -0.299. The Kier molecular flexibility index (Phi) is 14.3. The molecule has 1 aromatic rings. The minimum absolute atomic E-state index is 0.00630. The number of Topliss-reactive ketones (excluding diaryl/α,β-unsaturated/α-hetero) is 1. The van der Waals surface area contributed by atoms with Crippen LogP contribution in [0.5, 0.6) is 0 Å². The Bertz CT molecular complexity index is 1600. The van der Waals surface area contributed by atoms with Gasteiger partial charge >= 0.3 is 6.03 Å². The van der Waals surface area contributed by atoms with Crippen molar-refractivity contribution in [1.29, 1.82) is 0 Å². The molecule has 0 aromatic heterocycles. The number of amides is 7. The van der Waals surface area contributed by atoms with Gasteiger partial charge in [0, 0.05) is 25.2 Å². The highest BCUT2D eigenvalue weighted by molar-refractivity contribution is 6.38. The van der Waals surface area contributed by atoms with Crippen LogP contribution in [-0.4, -0.2) is 95.0 Å². The third kappa shape index (κ3) is 10.6. The average Bonchev–Trinajstić information content (AvgIpc) is 3.53. The summed E-state index contributed by atoms with van der Waals surface area (Å²) in [7, 11) is 0. The van der Waals surface area contributed by atoms with Gasteiger partial charge in [-0.2, -0.15) is 0 Å². The predicted octanol–water partition coefficient (Wildman–Crippen LogP) is 3.54. The number of hydrogen-bond donors (Lipinski definition) is 4. The summed E-state index contributed by atoms with van der Waals surface area (Å²) in [4.78, 5) is 97.1. The molecule has 2 heterocycles.